The first-order chi connectivity index (χ1) is 13.2. The molecule has 0 fully saturated rings. The van der Waals surface area contributed by atoms with Crippen LogP contribution in [0.1, 0.15) is 11.1 Å². The number of carbonyl (C=O) groups is 1. The van der Waals surface area contributed by atoms with E-state index in [0.717, 1.165) is 16.9 Å². The summed E-state index contributed by atoms with van der Waals surface area (Å²) in [4.78, 5) is 10.4. The molecule has 3 rings (SSSR count). The Balaban J connectivity index is 1.84. The van der Waals surface area contributed by atoms with Crippen molar-refractivity contribution in [3.63, 3.8) is 0 Å². The number of hydrogen-bond donors (Lipinski definition) is 0. The Morgan fingerprint density at radius 3 is 1.96 bits per heavy atom. The molecule has 0 unspecified atom stereocenters. The van der Waals surface area contributed by atoms with Crippen molar-refractivity contribution in [3.8, 4) is 28.7 Å². The lowest BCUT2D eigenvalue weighted by molar-refractivity contribution is -0.120. The first kappa shape index (κ1) is 18.3. The van der Waals surface area contributed by atoms with Crippen LogP contribution in [0.5, 0.6) is 28.7 Å². The molecule has 5 heteroatoms. The van der Waals surface area contributed by atoms with Crippen LogP contribution in [0.3, 0.4) is 0 Å². The van der Waals surface area contributed by atoms with Crippen LogP contribution in [0.4, 0.5) is 0 Å². The number of benzene rings is 3. The minimum atomic E-state index is 0.394. The first-order valence-corrected chi connectivity index (χ1v) is 8.40. The average molecular weight is 364 g/mol. The molecule has 0 aliphatic rings. The van der Waals surface area contributed by atoms with Crippen molar-refractivity contribution in [1.82, 2.24) is 0 Å². The van der Waals surface area contributed by atoms with Gasteiger partial charge in [0.05, 0.1) is 14.2 Å². The quantitative estimate of drug-likeness (QED) is 0.546. The number of rotatable bonds is 8. The highest BCUT2D eigenvalue weighted by Gasteiger charge is 2.09. The summed E-state index contributed by atoms with van der Waals surface area (Å²) in [5.74, 6) is 3.33. The first-order valence-electron chi connectivity index (χ1n) is 8.40. The van der Waals surface area contributed by atoms with Crippen LogP contribution < -0.4 is 18.9 Å². The molecule has 0 spiro atoms. The predicted octanol–water partition coefficient (Wildman–Crippen LogP) is 4.62. The number of methoxy groups -OCH3 is 2. The zero-order chi connectivity index (χ0) is 19.1. The lowest BCUT2D eigenvalue weighted by atomic mass is 10.0. The molecule has 3 aromatic carbocycles. The van der Waals surface area contributed by atoms with Gasteiger partial charge in [0.15, 0.2) is 0 Å². The van der Waals surface area contributed by atoms with Gasteiger partial charge in [-0.1, -0.05) is 18.2 Å². The van der Waals surface area contributed by atoms with Crippen LogP contribution in [0.15, 0.2) is 66.7 Å². The van der Waals surface area contributed by atoms with Gasteiger partial charge in [0.25, 0.3) is 6.47 Å². The molecule has 0 aliphatic carbocycles. The van der Waals surface area contributed by atoms with E-state index in [2.05, 4.69) is 0 Å². The molecule has 0 N–H and O–H groups in total. The fraction of sp³-hybridized carbons (Fsp3) is 0.136. The minimum Gasteiger partial charge on any atom is -0.497 e. The minimum absolute atomic E-state index is 0.394. The molecule has 0 aliphatic heterocycles. The number of ether oxygens (including phenoxy) is 4. The smallest absolute Gasteiger partial charge is 0.298 e. The standard InChI is InChI=1S/C22H20O5/c1-24-18-6-3-16(4-7-18)13-17-5-8-21(25-2)14-22(17)27-20-11-9-19(10-12-20)26-15-23/h3-12,14-15H,13H2,1-2H3. The normalized spacial score (nSPS) is 10.1. The van der Waals surface area contributed by atoms with E-state index in [1.165, 1.54) is 0 Å². The van der Waals surface area contributed by atoms with E-state index in [4.69, 9.17) is 18.9 Å². The Bertz CT molecular complexity index is 886. The fourth-order valence-corrected chi connectivity index (χ4v) is 2.63. The van der Waals surface area contributed by atoms with E-state index < -0.39 is 0 Å². The molecule has 0 radical (unpaired) electrons. The van der Waals surface area contributed by atoms with E-state index in [0.29, 0.717) is 35.9 Å². The third-order valence-electron chi connectivity index (χ3n) is 4.06. The van der Waals surface area contributed by atoms with Gasteiger partial charge in [-0.2, -0.15) is 0 Å². The second-order valence-electron chi connectivity index (χ2n) is 5.79. The highest BCUT2D eigenvalue weighted by atomic mass is 16.5. The Kier molecular flexibility index (Phi) is 5.94. The molecule has 0 bridgehead atoms. The highest BCUT2D eigenvalue weighted by molar-refractivity contribution is 5.48. The second kappa shape index (κ2) is 8.76. The summed E-state index contributed by atoms with van der Waals surface area (Å²) in [5, 5.41) is 0. The van der Waals surface area contributed by atoms with Crippen molar-refractivity contribution in [2.24, 2.45) is 0 Å². The van der Waals surface area contributed by atoms with Crippen molar-refractivity contribution < 1.29 is 23.7 Å². The van der Waals surface area contributed by atoms with Gasteiger partial charge >= 0.3 is 0 Å². The maximum atomic E-state index is 10.4. The Morgan fingerprint density at radius 2 is 1.33 bits per heavy atom. The third-order valence-corrected chi connectivity index (χ3v) is 4.06. The summed E-state index contributed by atoms with van der Waals surface area (Å²) in [5.41, 5.74) is 2.16. The van der Waals surface area contributed by atoms with Gasteiger partial charge in [-0.15, -0.1) is 0 Å². The van der Waals surface area contributed by atoms with Crippen LogP contribution in [-0.2, 0) is 11.2 Å². The lowest BCUT2D eigenvalue weighted by Gasteiger charge is -2.13. The molecule has 0 heterocycles. The van der Waals surface area contributed by atoms with E-state index in [1.807, 2.05) is 42.5 Å². The largest absolute Gasteiger partial charge is 0.497 e. The van der Waals surface area contributed by atoms with E-state index in [-0.39, 0.29) is 0 Å². The van der Waals surface area contributed by atoms with Gasteiger partial charge in [-0.05, 0) is 53.6 Å². The van der Waals surface area contributed by atoms with Crippen molar-refractivity contribution in [2.75, 3.05) is 14.2 Å². The van der Waals surface area contributed by atoms with Crippen LogP contribution in [-0.4, -0.2) is 20.7 Å². The van der Waals surface area contributed by atoms with Crippen molar-refractivity contribution in [1.29, 1.82) is 0 Å². The highest BCUT2D eigenvalue weighted by Crippen LogP contribution is 2.32. The fourth-order valence-electron chi connectivity index (χ4n) is 2.63. The maximum absolute atomic E-state index is 10.4. The lowest BCUT2D eigenvalue weighted by Crippen LogP contribution is -1.96. The number of hydrogen-bond acceptors (Lipinski definition) is 5. The Hall–Kier alpha value is -3.47. The Morgan fingerprint density at radius 1 is 0.741 bits per heavy atom. The van der Waals surface area contributed by atoms with Gasteiger partial charge in [0.1, 0.15) is 28.7 Å². The second-order valence-corrected chi connectivity index (χ2v) is 5.79. The van der Waals surface area contributed by atoms with Gasteiger partial charge in [-0.3, -0.25) is 4.79 Å². The average Bonchev–Trinajstić information content (AvgIpc) is 2.71. The van der Waals surface area contributed by atoms with Crippen LogP contribution in [0, 0.1) is 0 Å². The molecule has 5 nitrogen and oxygen atoms in total. The zero-order valence-electron chi connectivity index (χ0n) is 15.2. The summed E-state index contributed by atoms with van der Waals surface area (Å²) >= 11 is 0. The van der Waals surface area contributed by atoms with Crippen LogP contribution in [0.2, 0.25) is 0 Å². The van der Waals surface area contributed by atoms with Crippen molar-refractivity contribution in [3.05, 3.63) is 77.9 Å². The van der Waals surface area contributed by atoms with Crippen LogP contribution >= 0.6 is 0 Å². The summed E-state index contributed by atoms with van der Waals surface area (Å²) in [6, 6.07) is 20.5. The van der Waals surface area contributed by atoms with Gasteiger partial charge < -0.3 is 18.9 Å². The molecule has 0 saturated heterocycles. The molecule has 0 atom stereocenters. The molecule has 0 amide bonds. The molecule has 27 heavy (non-hydrogen) atoms. The van der Waals surface area contributed by atoms with Crippen molar-refractivity contribution in [2.45, 2.75) is 6.42 Å². The van der Waals surface area contributed by atoms with Crippen molar-refractivity contribution >= 4 is 6.47 Å². The molecule has 138 valence electrons. The monoisotopic (exact) mass is 364 g/mol. The topological polar surface area (TPSA) is 54.0 Å². The maximum Gasteiger partial charge on any atom is 0.298 e. The summed E-state index contributed by atoms with van der Waals surface area (Å²) in [7, 11) is 3.27. The number of carbonyl (C=O) groups excluding carboxylic acids is 1. The molecular formula is C22H20O5. The van der Waals surface area contributed by atoms with E-state index >= 15 is 0 Å². The zero-order valence-corrected chi connectivity index (χ0v) is 15.2. The predicted molar refractivity (Wildman–Crippen MR) is 102 cm³/mol. The molecule has 3 aromatic rings. The summed E-state index contributed by atoms with van der Waals surface area (Å²) in [6.45, 7) is 0.394. The molecule has 0 aromatic heterocycles. The van der Waals surface area contributed by atoms with E-state index in [1.54, 1.807) is 38.5 Å². The molecular weight excluding hydrogens is 344 g/mol. The summed E-state index contributed by atoms with van der Waals surface area (Å²) < 4.78 is 21.4. The Labute approximate surface area is 158 Å². The third kappa shape index (κ3) is 4.79. The SMILES string of the molecule is COc1ccc(Cc2ccc(OC)cc2Oc2ccc(OC=O)cc2)cc1. The molecule has 0 saturated carbocycles. The van der Waals surface area contributed by atoms with E-state index in [9.17, 15) is 4.79 Å². The van der Waals surface area contributed by atoms with Gasteiger partial charge in [0.2, 0.25) is 0 Å². The van der Waals surface area contributed by atoms with Crippen LogP contribution in [0.25, 0.3) is 0 Å². The van der Waals surface area contributed by atoms with Gasteiger partial charge in [-0.25, -0.2) is 0 Å². The van der Waals surface area contributed by atoms with Gasteiger partial charge in [0, 0.05) is 12.5 Å². The summed E-state index contributed by atoms with van der Waals surface area (Å²) in [6.07, 6.45) is 0.704.